The van der Waals surface area contributed by atoms with E-state index in [1.54, 1.807) is 0 Å². The number of hydrogen-bond acceptors (Lipinski definition) is 5. The standard InChI is InChI=1S/C23H35F2N3OS/c24-20-8-3-9-21(25)23(20)30-28-13-5-11-26(14-15-28)16-17-29-18-27-12-4-7-19-6-1-2-10-22(19)27/h3,8-9,19,22H,1-2,4-7,10-18H2. The molecule has 2 saturated heterocycles. The molecule has 2 unspecified atom stereocenters. The molecule has 1 saturated carbocycles. The molecule has 3 aliphatic rings. The van der Waals surface area contributed by atoms with E-state index in [-0.39, 0.29) is 4.90 Å². The number of halogens is 2. The highest BCUT2D eigenvalue weighted by Crippen LogP contribution is 2.35. The van der Waals surface area contributed by atoms with Gasteiger partial charge in [-0.15, -0.1) is 0 Å². The number of hydrogen-bond donors (Lipinski definition) is 0. The van der Waals surface area contributed by atoms with E-state index in [1.165, 1.54) is 75.2 Å². The van der Waals surface area contributed by atoms with Gasteiger partial charge >= 0.3 is 0 Å². The van der Waals surface area contributed by atoms with Crippen LogP contribution in [-0.2, 0) is 4.74 Å². The second-order valence-electron chi connectivity index (χ2n) is 8.87. The van der Waals surface area contributed by atoms with Crippen LogP contribution in [0.25, 0.3) is 0 Å². The molecule has 30 heavy (non-hydrogen) atoms. The SMILES string of the molecule is Fc1cccc(F)c1SN1CCCN(CCOCN2CCCC3CCCCC32)CC1. The molecule has 2 atom stereocenters. The van der Waals surface area contributed by atoms with Crippen LogP contribution in [0.4, 0.5) is 8.78 Å². The maximum Gasteiger partial charge on any atom is 0.141 e. The Labute approximate surface area is 184 Å². The van der Waals surface area contributed by atoms with Crippen molar-refractivity contribution in [2.24, 2.45) is 5.92 Å². The predicted molar refractivity (Wildman–Crippen MR) is 117 cm³/mol. The van der Waals surface area contributed by atoms with Crippen LogP contribution in [0.3, 0.4) is 0 Å². The molecule has 168 valence electrons. The molecule has 4 nitrogen and oxygen atoms in total. The molecule has 2 aliphatic heterocycles. The van der Waals surface area contributed by atoms with Crippen LogP contribution in [0.5, 0.6) is 0 Å². The average molecular weight is 440 g/mol. The molecule has 0 aromatic heterocycles. The summed E-state index contributed by atoms with van der Waals surface area (Å²) in [6.07, 6.45) is 9.24. The monoisotopic (exact) mass is 439 g/mol. The first-order chi connectivity index (χ1) is 14.7. The first kappa shape index (κ1) is 22.5. The second-order valence-corrected chi connectivity index (χ2v) is 9.98. The Kier molecular flexibility index (Phi) is 8.41. The molecule has 7 heteroatoms. The molecule has 0 spiro atoms. The van der Waals surface area contributed by atoms with Crippen LogP contribution in [0, 0.1) is 17.6 Å². The molecule has 1 aromatic carbocycles. The van der Waals surface area contributed by atoms with Crippen LogP contribution >= 0.6 is 11.9 Å². The third kappa shape index (κ3) is 5.94. The lowest BCUT2D eigenvalue weighted by atomic mass is 9.78. The summed E-state index contributed by atoms with van der Waals surface area (Å²) < 4.78 is 36.0. The van der Waals surface area contributed by atoms with Crippen molar-refractivity contribution in [1.29, 1.82) is 0 Å². The summed E-state index contributed by atoms with van der Waals surface area (Å²) in [5, 5.41) is 0. The van der Waals surface area contributed by atoms with Gasteiger partial charge in [-0.2, -0.15) is 0 Å². The van der Waals surface area contributed by atoms with E-state index in [0.717, 1.165) is 64.4 Å². The summed E-state index contributed by atoms with van der Waals surface area (Å²) in [5.41, 5.74) is 0. The summed E-state index contributed by atoms with van der Waals surface area (Å²) in [7, 11) is 0. The molecular weight excluding hydrogens is 404 g/mol. The van der Waals surface area contributed by atoms with Gasteiger partial charge in [-0.05, 0) is 68.6 Å². The highest BCUT2D eigenvalue weighted by Gasteiger charge is 2.33. The Hall–Kier alpha value is -0.730. The zero-order chi connectivity index (χ0) is 20.8. The van der Waals surface area contributed by atoms with Crippen molar-refractivity contribution in [1.82, 2.24) is 14.1 Å². The smallest absolute Gasteiger partial charge is 0.141 e. The summed E-state index contributed by atoms with van der Waals surface area (Å²) >= 11 is 1.21. The van der Waals surface area contributed by atoms with Gasteiger partial charge in [-0.3, -0.25) is 9.80 Å². The van der Waals surface area contributed by atoms with Crippen molar-refractivity contribution in [2.45, 2.75) is 55.9 Å². The van der Waals surface area contributed by atoms with Gasteiger partial charge in [0, 0.05) is 38.8 Å². The predicted octanol–water partition coefficient (Wildman–Crippen LogP) is 4.61. The molecular formula is C23H35F2N3OS. The number of fused-ring (bicyclic) bond motifs is 1. The van der Waals surface area contributed by atoms with E-state index in [0.29, 0.717) is 0 Å². The van der Waals surface area contributed by atoms with E-state index in [9.17, 15) is 8.78 Å². The summed E-state index contributed by atoms with van der Waals surface area (Å²) in [4.78, 5) is 5.10. The van der Waals surface area contributed by atoms with E-state index < -0.39 is 11.6 Å². The Morgan fingerprint density at radius 2 is 1.70 bits per heavy atom. The van der Waals surface area contributed by atoms with Crippen molar-refractivity contribution in [3.05, 3.63) is 29.8 Å². The Bertz CT molecular complexity index is 658. The molecule has 0 radical (unpaired) electrons. The van der Waals surface area contributed by atoms with Crippen LogP contribution < -0.4 is 0 Å². The number of nitrogens with zero attached hydrogens (tertiary/aromatic N) is 3. The molecule has 3 fully saturated rings. The van der Waals surface area contributed by atoms with Crippen molar-refractivity contribution >= 4 is 11.9 Å². The fourth-order valence-electron chi connectivity index (χ4n) is 5.22. The van der Waals surface area contributed by atoms with Gasteiger partial charge in [0.05, 0.1) is 18.2 Å². The van der Waals surface area contributed by atoms with Gasteiger partial charge in [0.1, 0.15) is 11.6 Å². The zero-order valence-electron chi connectivity index (χ0n) is 17.9. The molecule has 1 aromatic rings. The molecule has 0 N–H and O–H groups in total. The number of benzene rings is 1. The topological polar surface area (TPSA) is 19.0 Å². The first-order valence-electron chi connectivity index (χ1n) is 11.6. The second kappa shape index (κ2) is 11.2. The van der Waals surface area contributed by atoms with Crippen LogP contribution in [0.15, 0.2) is 23.1 Å². The van der Waals surface area contributed by atoms with Gasteiger partial charge in [-0.1, -0.05) is 18.9 Å². The quantitative estimate of drug-likeness (QED) is 0.455. The van der Waals surface area contributed by atoms with Crippen molar-refractivity contribution in [3.8, 4) is 0 Å². The van der Waals surface area contributed by atoms with E-state index in [1.807, 2.05) is 0 Å². The van der Waals surface area contributed by atoms with Crippen LogP contribution in [0.1, 0.15) is 44.9 Å². The lowest BCUT2D eigenvalue weighted by Gasteiger charge is -2.43. The van der Waals surface area contributed by atoms with Gasteiger partial charge in [0.2, 0.25) is 0 Å². The lowest BCUT2D eigenvalue weighted by molar-refractivity contribution is -0.0435. The largest absolute Gasteiger partial charge is 0.365 e. The van der Waals surface area contributed by atoms with Gasteiger partial charge in [0.25, 0.3) is 0 Å². The Balaban J connectivity index is 1.17. The number of piperidine rings is 1. The maximum absolute atomic E-state index is 13.9. The number of likely N-dealkylation sites (tertiary alicyclic amines) is 1. The molecule has 1 aliphatic carbocycles. The van der Waals surface area contributed by atoms with E-state index in [2.05, 4.69) is 14.1 Å². The summed E-state index contributed by atoms with van der Waals surface area (Å²) in [6.45, 7) is 7.18. The van der Waals surface area contributed by atoms with Crippen molar-refractivity contribution in [3.63, 3.8) is 0 Å². The Morgan fingerprint density at radius 1 is 0.900 bits per heavy atom. The van der Waals surface area contributed by atoms with Crippen molar-refractivity contribution in [2.75, 3.05) is 52.6 Å². The minimum atomic E-state index is -0.479. The highest BCUT2D eigenvalue weighted by atomic mass is 32.2. The minimum absolute atomic E-state index is 0.108. The third-order valence-electron chi connectivity index (χ3n) is 6.85. The zero-order valence-corrected chi connectivity index (χ0v) is 18.7. The summed E-state index contributed by atoms with van der Waals surface area (Å²) in [5.74, 6) is -0.0654. The first-order valence-corrected chi connectivity index (χ1v) is 12.4. The number of rotatable bonds is 7. The fourth-order valence-corrected chi connectivity index (χ4v) is 6.19. The minimum Gasteiger partial charge on any atom is -0.365 e. The molecule has 4 rings (SSSR count). The lowest BCUT2D eigenvalue weighted by Crippen LogP contribution is -2.47. The highest BCUT2D eigenvalue weighted by molar-refractivity contribution is 7.97. The van der Waals surface area contributed by atoms with Gasteiger partial charge in [-0.25, -0.2) is 13.1 Å². The normalized spacial score (nSPS) is 27.0. The van der Waals surface area contributed by atoms with E-state index >= 15 is 0 Å². The average Bonchev–Trinajstić information content (AvgIpc) is 2.99. The fraction of sp³-hybridized carbons (Fsp3) is 0.739. The molecule has 2 heterocycles. The van der Waals surface area contributed by atoms with Crippen molar-refractivity contribution < 1.29 is 13.5 Å². The summed E-state index contributed by atoms with van der Waals surface area (Å²) in [6, 6.07) is 4.81. The Morgan fingerprint density at radius 3 is 2.57 bits per heavy atom. The molecule has 0 bridgehead atoms. The maximum atomic E-state index is 13.9. The molecule has 0 amide bonds. The van der Waals surface area contributed by atoms with E-state index in [4.69, 9.17) is 4.74 Å². The third-order valence-corrected chi connectivity index (χ3v) is 8.05. The van der Waals surface area contributed by atoms with Gasteiger partial charge in [0.15, 0.2) is 0 Å². The van der Waals surface area contributed by atoms with Crippen LogP contribution in [0.2, 0.25) is 0 Å². The van der Waals surface area contributed by atoms with Crippen LogP contribution in [-0.4, -0.2) is 72.8 Å². The van der Waals surface area contributed by atoms with Gasteiger partial charge < -0.3 is 4.74 Å². The number of ether oxygens (including phenoxy) is 1.